The summed E-state index contributed by atoms with van der Waals surface area (Å²) in [5.74, 6) is 0. The standard InChI is InChI=1S/C22H23NO3S/c1-18-12-14-21(15-13-18)27(25,26)23(20-10-6-3-7-11-20)17-16-22(24)19-8-4-2-5-9-19/h2-15,22,24H,16-17H2,1H3. The van der Waals surface area contributed by atoms with Gasteiger partial charge in [0, 0.05) is 6.54 Å². The molecular weight excluding hydrogens is 358 g/mol. The van der Waals surface area contributed by atoms with Crippen LogP contribution in [0.25, 0.3) is 0 Å². The summed E-state index contributed by atoms with van der Waals surface area (Å²) in [7, 11) is -3.73. The largest absolute Gasteiger partial charge is 0.388 e. The lowest BCUT2D eigenvalue weighted by molar-refractivity contribution is 0.170. The van der Waals surface area contributed by atoms with Crippen molar-refractivity contribution in [2.75, 3.05) is 10.8 Å². The van der Waals surface area contributed by atoms with E-state index in [-0.39, 0.29) is 11.4 Å². The number of aliphatic hydroxyl groups excluding tert-OH is 1. The molecule has 1 atom stereocenters. The lowest BCUT2D eigenvalue weighted by Gasteiger charge is -2.26. The minimum atomic E-state index is -3.73. The van der Waals surface area contributed by atoms with Gasteiger partial charge in [-0.15, -0.1) is 0 Å². The first-order chi connectivity index (χ1) is 13.0. The molecule has 0 spiro atoms. The Bertz CT molecular complexity index is 955. The van der Waals surface area contributed by atoms with Gasteiger partial charge in [0.05, 0.1) is 16.7 Å². The molecule has 3 aromatic carbocycles. The molecule has 27 heavy (non-hydrogen) atoms. The van der Waals surface area contributed by atoms with Crippen LogP contribution in [0.1, 0.15) is 23.7 Å². The molecule has 0 heterocycles. The van der Waals surface area contributed by atoms with Crippen LogP contribution in [-0.4, -0.2) is 20.1 Å². The van der Waals surface area contributed by atoms with Crippen LogP contribution in [0.2, 0.25) is 0 Å². The van der Waals surface area contributed by atoms with Crippen LogP contribution in [0.3, 0.4) is 0 Å². The van der Waals surface area contributed by atoms with E-state index in [1.807, 2.05) is 43.3 Å². The average molecular weight is 381 g/mol. The zero-order chi connectivity index (χ0) is 19.3. The number of hydrogen-bond acceptors (Lipinski definition) is 3. The van der Waals surface area contributed by atoms with Gasteiger partial charge in [-0.2, -0.15) is 0 Å². The zero-order valence-corrected chi connectivity index (χ0v) is 16.0. The molecule has 0 aliphatic heterocycles. The Morgan fingerprint density at radius 1 is 0.852 bits per heavy atom. The summed E-state index contributed by atoms with van der Waals surface area (Å²) in [6, 6.07) is 25.1. The summed E-state index contributed by atoms with van der Waals surface area (Å²) in [5.41, 5.74) is 2.36. The lowest BCUT2D eigenvalue weighted by Crippen LogP contribution is -2.32. The maximum Gasteiger partial charge on any atom is 0.264 e. The third-order valence-electron chi connectivity index (χ3n) is 4.44. The quantitative estimate of drug-likeness (QED) is 0.663. The van der Waals surface area contributed by atoms with Crippen LogP contribution in [0.5, 0.6) is 0 Å². The molecule has 0 fully saturated rings. The number of benzene rings is 3. The van der Waals surface area contributed by atoms with Crippen molar-refractivity contribution in [2.24, 2.45) is 0 Å². The van der Waals surface area contributed by atoms with Gasteiger partial charge in [-0.3, -0.25) is 4.31 Å². The molecule has 0 amide bonds. The Morgan fingerprint density at radius 3 is 2.00 bits per heavy atom. The molecule has 0 aliphatic carbocycles. The fraction of sp³-hybridized carbons (Fsp3) is 0.182. The van der Waals surface area contributed by atoms with Gasteiger partial charge < -0.3 is 5.11 Å². The third-order valence-corrected chi connectivity index (χ3v) is 6.28. The van der Waals surface area contributed by atoms with Gasteiger partial charge in [0.1, 0.15) is 0 Å². The molecule has 0 aliphatic rings. The molecule has 0 aromatic heterocycles. The van der Waals surface area contributed by atoms with Crippen molar-refractivity contribution < 1.29 is 13.5 Å². The topological polar surface area (TPSA) is 57.6 Å². The number of rotatable bonds is 7. The lowest BCUT2D eigenvalue weighted by atomic mass is 10.1. The van der Waals surface area contributed by atoms with E-state index in [1.165, 1.54) is 4.31 Å². The number of aliphatic hydroxyl groups is 1. The Labute approximate surface area is 160 Å². The smallest absolute Gasteiger partial charge is 0.264 e. The normalized spacial score (nSPS) is 12.5. The number of hydrogen-bond donors (Lipinski definition) is 1. The highest BCUT2D eigenvalue weighted by Gasteiger charge is 2.25. The predicted octanol–water partition coefficient (Wildman–Crippen LogP) is 4.31. The fourth-order valence-corrected chi connectivity index (χ4v) is 4.38. The van der Waals surface area contributed by atoms with E-state index < -0.39 is 16.1 Å². The van der Waals surface area contributed by atoms with E-state index in [0.29, 0.717) is 12.1 Å². The van der Waals surface area contributed by atoms with Crippen molar-refractivity contribution in [3.63, 3.8) is 0 Å². The molecule has 0 bridgehead atoms. The maximum atomic E-state index is 13.2. The Balaban J connectivity index is 1.89. The predicted molar refractivity (Wildman–Crippen MR) is 108 cm³/mol. The van der Waals surface area contributed by atoms with Crippen LogP contribution in [0.15, 0.2) is 89.8 Å². The van der Waals surface area contributed by atoms with Gasteiger partial charge in [0.25, 0.3) is 10.0 Å². The molecule has 140 valence electrons. The highest BCUT2D eigenvalue weighted by atomic mass is 32.2. The first-order valence-electron chi connectivity index (χ1n) is 8.86. The van der Waals surface area contributed by atoms with Crippen molar-refractivity contribution in [1.82, 2.24) is 0 Å². The monoisotopic (exact) mass is 381 g/mol. The summed E-state index contributed by atoms with van der Waals surface area (Å²) in [5, 5.41) is 10.5. The molecule has 3 rings (SSSR count). The van der Waals surface area contributed by atoms with Crippen molar-refractivity contribution in [2.45, 2.75) is 24.3 Å². The Hall–Kier alpha value is -2.63. The summed E-state index contributed by atoms with van der Waals surface area (Å²) in [4.78, 5) is 0.242. The summed E-state index contributed by atoms with van der Waals surface area (Å²) in [6.07, 6.45) is -0.435. The number of anilines is 1. The van der Waals surface area contributed by atoms with Gasteiger partial charge in [-0.05, 0) is 43.2 Å². The molecule has 5 heteroatoms. The third kappa shape index (κ3) is 4.56. The van der Waals surface area contributed by atoms with Crippen LogP contribution in [0, 0.1) is 6.92 Å². The number of aryl methyl sites for hydroxylation is 1. The van der Waals surface area contributed by atoms with Gasteiger partial charge in [0.15, 0.2) is 0 Å². The Morgan fingerprint density at radius 2 is 1.41 bits per heavy atom. The first-order valence-corrected chi connectivity index (χ1v) is 10.3. The van der Waals surface area contributed by atoms with Gasteiger partial charge in [-0.25, -0.2) is 8.42 Å². The second kappa shape index (κ2) is 8.37. The van der Waals surface area contributed by atoms with Gasteiger partial charge in [0.2, 0.25) is 0 Å². The van der Waals surface area contributed by atoms with Crippen molar-refractivity contribution in [3.05, 3.63) is 96.1 Å². The van der Waals surface area contributed by atoms with Crippen LogP contribution in [0.4, 0.5) is 5.69 Å². The summed E-state index contributed by atoms with van der Waals surface area (Å²) >= 11 is 0. The molecule has 4 nitrogen and oxygen atoms in total. The van der Waals surface area contributed by atoms with Crippen LogP contribution < -0.4 is 4.31 Å². The molecule has 0 radical (unpaired) electrons. The second-order valence-corrected chi connectivity index (χ2v) is 8.30. The zero-order valence-electron chi connectivity index (χ0n) is 15.2. The molecule has 0 saturated heterocycles. The van der Waals surface area contributed by atoms with Crippen molar-refractivity contribution in [3.8, 4) is 0 Å². The minimum Gasteiger partial charge on any atom is -0.388 e. The number of para-hydroxylation sites is 1. The van der Waals surface area contributed by atoms with Crippen molar-refractivity contribution in [1.29, 1.82) is 0 Å². The minimum absolute atomic E-state index is 0.177. The van der Waals surface area contributed by atoms with E-state index >= 15 is 0 Å². The maximum absolute atomic E-state index is 13.2. The van der Waals surface area contributed by atoms with Crippen LogP contribution >= 0.6 is 0 Å². The molecular formula is C22H23NO3S. The van der Waals surface area contributed by atoms with E-state index in [9.17, 15) is 13.5 Å². The van der Waals surface area contributed by atoms with E-state index in [1.54, 1.807) is 48.5 Å². The first kappa shape index (κ1) is 19.1. The van der Waals surface area contributed by atoms with E-state index in [0.717, 1.165) is 11.1 Å². The van der Waals surface area contributed by atoms with E-state index in [4.69, 9.17) is 0 Å². The molecule has 1 N–H and O–H groups in total. The number of nitrogens with zero attached hydrogens (tertiary/aromatic N) is 1. The highest BCUT2D eigenvalue weighted by molar-refractivity contribution is 7.92. The van der Waals surface area contributed by atoms with Crippen LogP contribution in [-0.2, 0) is 10.0 Å². The van der Waals surface area contributed by atoms with E-state index in [2.05, 4.69) is 0 Å². The molecule has 1 unspecified atom stereocenters. The molecule has 0 saturated carbocycles. The average Bonchev–Trinajstić information content (AvgIpc) is 2.69. The highest BCUT2D eigenvalue weighted by Crippen LogP contribution is 2.26. The number of sulfonamides is 1. The van der Waals surface area contributed by atoms with Gasteiger partial charge in [-0.1, -0.05) is 66.2 Å². The van der Waals surface area contributed by atoms with Crippen molar-refractivity contribution >= 4 is 15.7 Å². The molecule has 3 aromatic rings. The summed E-state index contributed by atoms with van der Waals surface area (Å²) in [6.45, 7) is 2.10. The van der Waals surface area contributed by atoms with Gasteiger partial charge >= 0.3 is 0 Å². The second-order valence-electron chi connectivity index (χ2n) is 6.44. The Kier molecular flexibility index (Phi) is 5.94. The summed E-state index contributed by atoms with van der Waals surface area (Å²) < 4.78 is 27.8. The SMILES string of the molecule is Cc1ccc(S(=O)(=O)N(CCC(O)c2ccccc2)c2ccccc2)cc1. The fourth-order valence-electron chi connectivity index (χ4n) is 2.90.